The van der Waals surface area contributed by atoms with E-state index >= 15 is 0 Å². The Morgan fingerprint density at radius 3 is 2.64 bits per heavy atom. The lowest BCUT2D eigenvalue weighted by atomic mass is 10.1. The molecule has 0 aromatic heterocycles. The van der Waals surface area contributed by atoms with Crippen LogP contribution in [0.1, 0.15) is 34.5 Å². The number of carbonyl (C=O) groups excluding carboxylic acids is 1. The fourth-order valence-electron chi connectivity index (χ4n) is 1.97. The van der Waals surface area contributed by atoms with E-state index in [1.54, 1.807) is 24.4 Å². The summed E-state index contributed by atoms with van der Waals surface area (Å²) in [4.78, 5) is 16.9. The zero-order valence-corrected chi connectivity index (χ0v) is 13.2. The molecule has 0 saturated heterocycles. The van der Waals surface area contributed by atoms with Crippen molar-refractivity contribution in [1.29, 1.82) is 0 Å². The van der Waals surface area contributed by atoms with Crippen molar-refractivity contribution in [3.05, 3.63) is 70.2 Å². The molecule has 0 aliphatic heterocycles. The van der Waals surface area contributed by atoms with E-state index in [0.29, 0.717) is 10.6 Å². The van der Waals surface area contributed by atoms with E-state index in [0.717, 1.165) is 11.1 Å². The SMILES string of the molecule is CO/N=C/c1ccc(C(=O)NC(C)c2cccc(Cl)c2)cc1. The average molecular weight is 317 g/mol. The Balaban J connectivity index is 2.04. The summed E-state index contributed by atoms with van der Waals surface area (Å²) in [6.07, 6.45) is 1.58. The smallest absolute Gasteiger partial charge is 0.251 e. The molecule has 1 N–H and O–H groups in total. The summed E-state index contributed by atoms with van der Waals surface area (Å²) in [6.45, 7) is 1.92. The third-order valence-corrected chi connectivity index (χ3v) is 3.41. The lowest BCUT2D eigenvalue weighted by Gasteiger charge is -2.14. The number of rotatable bonds is 5. The molecule has 4 nitrogen and oxygen atoms in total. The Labute approximate surface area is 134 Å². The summed E-state index contributed by atoms with van der Waals surface area (Å²) >= 11 is 5.97. The normalized spacial score (nSPS) is 12.1. The Kier molecular flexibility index (Phi) is 5.55. The van der Waals surface area contributed by atoms with Gasteiger partial charge in [-0.05, 0) is 42.3 Å². The maximum Gasteiger partial charge on any atom is 0.251 e. The van der Waals surface area contributed by atoms with Crippen LogP contribution in [0.15, 0.2) is 53.7 Å². The highest BCUT2D eigenvalue weighted by molar-refractivity contribution is 6.30. The van der Waals surface area contributed by atoms with E-state index < -0.39 is 0 Å². The van der Waals surface area contributed by atoms with Crippen LogP contribution in [-0.2, 0) is 4.84 Å². The van der Waals surface area contributed by atoms with Crippen molar-refractivity contribution >= 4 is 23.7 Å². The van der Waals surface area contributed by atoms with Crippen LogP contribution in [-0.4, -0.2) is 19.2 Å². The second-order valence-corrected chi connectivity index (χ2v) is 5.23. The molecule has 1 amide bonds. The van der Waals surface area contributed by atoms with Crippen molar-refractivity contribution in [2.45, 2.75) is 13.0 Å². The minimum Gasteiger partial charge on any atom is -0.399 e. The van der Waals surface area contributed by atoms with Crippen LogP contribution in [0.25, 0.3) is 0 Å². The van der Waals surface area contributed by atoms with E-state index in [1.165, 1.54) is 7.11 Å². The molecular formula is C17H17ClN2O2. The number of nitrogens with zero attached hydrogens (tertiary/aromatic N) is 1. The zero-order valence-electron chi connectivity index (χ0n) is 12.4. The molecular weight excluding hydrogens is 300 g/mol. The maximum atomic E-state index is 12.2. The van der Waals surface area contributed by atoms with Gasteiger partial charge in [0.2, 0.25) is 0 Å². The van der Waals surface area contributed by atoms with Crippen molar-refractivity contribution in [1.82, 2.24) is 5.32 Å². The van der Waals surface area contributed by atoms with Gasteiger partial charge in [-0.2, -0.15) is 0 Å². The van der Waals surface area contributed by atoms with Gasteiger partial charge in [0, 0.05) is 10.6 Å². The van der Waals surface area contributed by atoms with Crippen molar-refractivity contribution in [2.24, 2.45) is 5.16 Å². The first-order valence-corrected chi connectivity index (χ1v) is 7.21. The first kappa shape index (κ1) is 16.0. The number of halogens is 1. The van der Waals surface area contributed by atoms with Crippen LogP contribution >= 0.6 is 11.6 Å². The molecule has 0 radical (unpaired) electrons. The Hall–Kier alpha value is -2.33. The molecule has 0 fully saturated rings. The lowest BCUT2D eigenvalue weighted by Crippen LogP contribution is -2.26. The molecule has 2 aromatic rings. The quantitative estimate of drug-likeness (QED) is 0.673. The van der Waals surface area contributed by atoms with E-state index in [2.05, 4.69) is 15.3 Å². The van der Waals surface area contributed by atoms with Crippen LogP contribution in [0.4, 0.5) is 0 Å². The van der Waals surface area contributed by atoms with E-state index in [1.807, 2.05) is 37.3 Å². The summed E-state index contributed by atoms with van der Waals surface area (Å²) in [5, 5.41) is 7.27. The molecule has 0 aliphatic carbocycles. The molecule has 0 heterocycles. The summed E-state index contributed by atoms with van der Waals surface area (Å²) < 4.78 is 0. The highest BCUT2D eigenvalue weighted by Gasteiger charge is 2.11. The van der Waals surface area contributed by atoms with Crippen molar-refractivity contribution in [3.8, 4) is 0 Å². The number of amides is 1. The number of oxime groups is 1. The molecule has 0 aliphatic rings. The topological polar surface area (TPSA) is 50.7 Å². The Morgan fingerprint density at radius 1 is 1.27 bits per heavy atom. The van der Waals surface area contributed by atoms with Crippen LogP contribution < -0.4 is 5.32 Å². The zero-order chi connectivity index (χ0) is 15.9. The third-order valence-electron chi connectivity index (χ3n) is 3.18. The summed E-state index contributed by atoms with van der Waals surface area (Å²) in [5.74, 6) is -0.136. The summed E-state index contributed by atoms with van der Waals surface area (Å²) in [5.41, 5.74) is 2.41. The number of benzene rings is 2. The van der Waals surface area contributed by atoms with Gasteiger partial charge in [0.1, 0.15) is 7.11 Å². The molecule has 22 heavy (non-hydrogen) atoms. The first-order chi connectivity index (χ1) is 10.6. The molecule has 5 heteroatoms. The van der Waals surface area contributed by atoms with Crippen LogP contribution in [0, 0.1) is 0 Å². The number of nitrogens with one attached hydrogen (secondary N) is 1. The van der Waals surface area contributed by atoms with Gasteiger partial charge in [-0.3, -0.25) is 4.79 Å². The largest absolute Gasteiger partial charge is 0.399 e. The standard InChI is InChI=1S/C17H17ClN2O2/c1-12(15-4-3-5-16(18)10-15)20-17(21)14-8-6-13(7-9-14)11-19-22-2/h3-12H,1-2H3,(H,20,21)/b19-11+. The van der Waals surface area contributed by atoms with Gasteiger partial charge in [0.05, 0.1) is 12.3 Å². The summed E-state index contributed by atoms with van der Waals surface area (Å²) in [7, 11) is 1.48. The first-order valence-electron chi connectivity index (χ1n) is 6.83. The molecule has 0 spiro atoms. The van der Waals surface area contributed by atoms with Crippen molar-refractivity contribution in [2.75, 3.05) is 7.11 Å². The molecule has 1 unspecified atom stereocenters. The van der Waals surface area contributed by atoms with Gasteiger partial charge < -0.3 is 10.2 Å². The second kappa shape index (κ2) is 7.61. The predicted molar refractivity (Wildman–Crippen MR) is 88.4 cm³/mol. The van der Waals surface area contributed by atoms with E-state index in [9.17, 15) is 4.79 Å². The van der Waals surface area contributed by atoms with Gasteiger partial charge in [0.25, 0.3) is 5.91 Å². The van der Waals surface area contributed by atoms with Crippen LogP contribution in [0.2, 0.25) is 5.02 Å². The highest BCUT2D eigenvalue weighted by atomic mass is 35.5. The average Bonchev–Trinajstić information content (AvgIpc) is 2.53. The fourth-order valence-corrected chi connectivity index (χ4v) is 2.17. The van der Waals surface area contributed by atoms with Crippen LogP contribution in [0.3, 0.4) is 0 Å². The maximum absolute atomic E-state index is 12.2. The molecule has 0 bridgehead atoms. The minimum absolute atomic E-state index is 0.124. The number of hydrogen-bond acceptors (Lipinski definition) is 3. The molecule has 0 saturated carbocycles. The van der Waals surface area contributed by atoms with E-state index in [-0.39, 0.29) is 11.9 Å². The van der Waals surface area contributed by atoms with E-state index in [4.69, 9.17) is 11.6 Å². The van der Waals surface area contributed by atoms with Gasteiger partial charge >= 0.3 is 0 Å². The number of carbonyl (C=O) groups is 1. The second-order valence-electron chi connectivity index (χ2n) is 4.79. The van der Waals surface area contributed by atoms with Gasteiger partial charge in [-0.1, -0.05) is 41.0 Å². The predicted octanol–water partition coefficient (Wildman–Crippen LogP) is 3.81. The molecule has 1 atom stereocenters. The van der Waals surface area contributed by atoms with Gasteiger partial charge in [-0.15, -0.1) is 0 Å². The molecule has 2 rings (SSSR count). The fraction of sp³-hybridized carbons (Fsp3) is 0.176. The Bertz CT molecular complexity index is 669. The van der Waals surface area contributed by atoms with Gasteiger partial charge in [0.15, 0.2) is 0 Å². The molecule has 2 aromatic carbocycles. The monoisotopic (exact) mass is 316 g/mol. The van der Waals surface area contributed by atoms with Gasteiger partial charge in [-0.25, -0.2) is 0 Å². The Morgan fingerprint density at radius 2 is 2.00 bits per heavy atom. The minimum atomic E-state index is -0.136. The molecule has 114 valence electrons. The van der Waals surface area contributed by atoms with Crippen molar-refractivity contribution in [3.63, 3.8) is 0 Å². The van der Waals surface area contributed by atoms with Crippen LogP contribution in [0.5, 0.6) is 0 Å². The lowest BCUT2D eigenvalue weighted by molar-refractivity contribution is 0.0940. The van der Waals surface area contributed by atoms with Crippen molar-refractivity contribution < 1.29 is 9.63 Å². The third kappa shape index (κ3) is 4.33. The highest BCUT2D eigenvalue weighted by Crippen LogP contribution is 2.17. The summed E-state index contributed by atoms with van der Waals surface area (Å²) in [6, 6.07) is 14.4. The number of hydrogen-bond donors (Lipinski definition) is 1.